The van der Waals surface area contributed by atoms with Crippen molar-refractivity contribution in [1.82, 2.24) is 10.2 Å². The Labute approximate surface area is 238 Å². The molecule has 0 spiro atoms. The van der Waals surface area contributed by atoms with E-state index in [0.29, 0.717) is 35.4 Å². The molecule has 9 heteroatoms. The number of rotatable bonds is 11. The van der Waals surface area contributed by atoms with Gasteiger partial charge in [0.2, 0.25) is 5.91 Å². The average Bonchev–Trinajstić information content (AvgIpc) is 2.90. The summed E-state index contributed by atoms with van der Waals surface area (Å²) in [6.07, 6.45) is 0.413. The van der Waals surface area contributed by atoms with Gasteiger partial charge >= 0.3 is 6.09 Å². The van der Waals surface area contributed by atoms with E-state index in [1.165, 1.54) is 4.90 Å². The lowest BCUT2D eigenvalue weighted by Gasteiger charge is -2.39. The molecule has 40 heavy (non-hydrogen) atoms. The normalized spacial score (nSPS) is 14.3. The Hall–Kier alpha value is -3.75. The highest BCUT2D eigenvalue weighted by Gasteiger charge is 2.41. The number of nitrogens with one attached hydrogen (secondary N) is 2. The maximum Gasteiger partial charge on any atom is 0.408 e. The number of ether oxygens (including phenoxy) is 2. The number of hydrogen-bond acceptors (Lipinski definition) is 6. The van der Waals surface area contributed by atoms with E-state index in [9.17, 15) is 19.5 Å². The van der Waals surface area contributed by atoms with Crippen molar-refractivity contribution in [3.8, 4) is 11.5 Å². The van der Waals surface area contributed by atoms with Gasteiger partial charge in [0.25, 0.3) is 5.91 Å². The Kier molecular flexibility index (Phi) is 11.4. The zero-order chi connectivity index (χ0) is 30.2. The summed E-state index contributed by atoms with van der Waals surface area (Å²) in [4.78, 5) is 42.6. The van der Waals surface area contributed by atoms with Gasteiger partial charge in [-0.2, -0.15) is 0 Å². The van der Waals surface area contributed by atoms with Crippen LogP contribution < -0.4 is 15.4 Å². The van der Waals surface area contributed by atoms with Crippen molar-refractivity contribution in [3.63, 3.8) is 0 Å². The van der Waals surface area contributed by atoms with Gasteiger partial charge in [0.1, 0.15) is 29.2 Å². The molecule has 220 valence electrons. The number of alkyl carbamates (subject to hydrolysis) is 1. The predicted octanol–water partition coefficient (Wildman–Crippen LogP) is 5.96. The summed E-state index contributed by atoms with van der Waals surface area (Å²) >= 11 is 0. The maximum atomic E-state index is 14.4. The molecule has 9 nitrogen and oxygen atoms in total. The monoisotopic (exact) mass is 555 g/mol. The van der Waals surface area contributed by atoms with E-state index < -0.39 is 41.6 Å². The minimum absolute atomic E-state index is 0.0707. The molecule has 0 heterocycles. The fourth-order valence-electron chi connectivity index (χ4n) is 4.28. The molecule has 0 fully saturated rings. The molecule has 2 aromatic carbocycles. The number of aryl methyl sites for hydroxylation is 1. The third-order valence-corrected chi connectivity index (χ3v) is 6.92. The van der Waals surface area contributed by atoms with E-state index in [4.69, 9.17) is 9.47 Å². The van der Waals surface area contributed by atoms with Crippen LogP contribution >= 0.6 is 0 Å². The van der Waals surface area contributed by atoms with Crippen molar-refractivity contribution < 1.29 is 29.0 Å². The number of anilines is 1. The van der Waals surface area contributed by atoms with Gasteiger partial charge in [-0.25, -0.2) is 4.79 Å². The highest BCUT2D eigenvalue weighted by molar-refractivity contribution is 5.99. The van der Waals surface area contributed by atoms with Crippen LogP contribution in [0.5, 0.6) is 11.5 Å². The number of para-hydroxylation sites is 1. The van der Waals surface area contributed by atoms with Crippen LogP contribution in [0.1, 0.15) is 78.5 Å². The van der Waals surface area contributed by atoms with Crippen molar-refractivity contribution in [1.29, 1.82) is 0 Å². The summed E-state index contributed by atoms with van der Waals surface area (Å²) < 4.78 is 10.7. The molecule has 0 bridgehead atoms. The Balaban J connectivity index is 2.63. The molecule has 0 aliphatic rings. The first kappa shape index (κ1) is 32.5. The molecule has 2 aromatic rings. The molecule has 0 aromatic heterocycles. The first-order chi connectivity index (χ1) is 18.7. The zero-order valence-electron chi connectivity index (χ0n) is 25.2. The third-order valence-electron chi connectivity index (χ3n) is 6.92. The standard InChI is InChI=1S/C31H45N3O6/c1-10-19(3)25(33-30(38)40-31(6,7)8)29(37)34(21(5)11-2)26(24-14-12-13-20(4)27(24)35)28(36)32-22-15-17-23(39-9)18-16-22/h12-19,21,25-26,35H,10-11H2,1-9H3,(H,32,36)(H,33,38). The number of amides is 3. The van der Waals surface area contributed by atoms with E-state index in [1.54, 1.807) is 77.3 Å². The van der Waals surface area contributed by atoms with Crippen LogP contribution in [0.25, 0.3) is 0 Å². The maximum absolute atomic E-state index is 14.4. The minimum Gasteiger partial charge on any atom is -0.507 e. The lowest BCUT2D eigenvalue weighted by molar-refractivity contribution is -0.144. The summed E-state index contributed by atoms with van der Waals surface area (Å²) in [6.45, 7) is 14.5. The average molecular weight is 556 g/mol. The SMILES string of the molecule is CCC(C)C(NC(=O)OC(C)(C)C)C(=O)N(C(C)CC)C(C(=O)Nc1ccc(OC)cc1)c1cccc(C)c1O. The second kappa shape index (κ2) is 14.1. The molecular formula is C31H45N3O6. The minimum atomic E-state index is -1.18. The van der Waals surface area contributed by atoms with Crippen LogP contribution in [0.2, 0.25) is 0 Å². The molecule has 4 unspecified atom stereocenters. The third kappa shape index (κ3) is 8.37. The highest BCUT2D eigenvalue weighted by Crippen LogP contribution is 2.35. The molecule has 2 rings (SSSR count). The molecule has 3 amide bonds. The number of phenols is 1. The fraction of sp³-hybridized carbons (Fsp3) is 0.516. The molecule has 3 N–H and O–H groups in total. The molecule has 0 saturated heterocycles. The smallest absolute Gasteiger partial charge is 0.408 e. The number of nitrogens with zero attached hydrogens (tertiary/aromatic N) is 1. The Morgan fingerprint density at radius 2 is 1.62 bits per heavy atom. The second-order valence-electron chi connectivity index (χ2n) is 11.1. The van der Waals surface area contributed by atoms with Crippen molar-refractivity contribution in [2.45, 2.75) is 92.0 Å². The quantitative estimate of drug-likeness (QED) is 0.315. The van der Waals surface area contributed by atoms with Crippen molar-refractivity contribution in [3.05, 3.63) is 53.6 Å². The predicted molar refractivity (Wildman–Crippen MR) is 156 cm³/mol. The summed E-state index contributed by atoms with van der Waals surface area (Å²) in [5.74, 6) is -0.640. The van der Waals surface area contributed by atoms with Crippen LogP contribution in [0, 0.1) is 12.8 Å². The largest absolute Gasteiger partial charge is 0.507 e. The summed E-state index contributed by atoms with van der Waals surface area (Å²) in [7, 11) is 1.55. The molecule has 4 atom stereocenters. The zero-order valence-corrected chi connectivity index (χ0v) is 25.2. The van der Waals surface area contributed by atoms with Crippen molar-refractivity contribution >= 4 is 23.6 Å². The lowest BCUT2D eigenvalue weighted by Crippen LogP contribution is -2.56. The van der Waals surface area contributed by atoms with E-state index in [1.807, 2.05) is 27.7 Å². The number of aromatic hydroxyl groups is 1. The van der Waals surface area contributed by atoms with E-state index in [0.717, 1.165) is 0 Å². The topological polar surface area (TPSA) is 117 Å². The van der Waals surface area contributed by atoms with E-state index in [2.05, 4.69) is 10.6 Å². The van der Waals surface area contributed by atoms with Gasteiger partial charge in [-0.15, -0.1) is 0 Å². The second-order valence-corrected chi connectivity index (χ2v) is 11.1. The molecule has 0 aliphatic heterocycles. The van der Waals surface area contributed by atoms with Crippen molar-refractivity contribution in [2.24, 2.45) is 5.92 Å². The number of phenolic OH excluding ortho intramolecular Hbond substituents is 1. The van der Waals surface area contributed by atoms with Crippen LogP contribution in [0.15, 0.2) is 42.5 Å². The molecule has 0 radical (unpaired) electrons. The summed E-state index contributed by atoms with van der Waals surface area (Å²) in [6, 6.07) is 9.40. The number of hydrogen-bond donors (Lipinski definition) is 3. The molecule has 0 saturated carbocycles. The van der Waals surface area contributed by atoms with E-state index >= 15 is 0 Å². The first-order valence-corrected chi connectivity index (χ1v) is 13.8. The number of carbonyl (C=O) groups excluding carboxylic acids is 3. The fourth-order valence-corrected chi connectivity index (χ4v) is 4.28. The number of methoxy groups -OCH3 is 1. The van der Waals surface area contributed by atoms with Crippen LogP contribution in [-0.4, -0.2) is 52.7 Å². The number of benzene rings is 2. The van der Waals surface area contributed by atoms with Gasteiger partial charge in [-0.05, 0) is 76.8 Å². The van der Waals surface area contributed by atoms with Gasteiger partial charge in [0.05, 0.1) is 7.11 Å². The van der Waals surface area contributed by atoms with Gasteiger partial charge in [0, 0.05) is 17.3 Å². The van der Waals surface area contributed by atoms with Crippen LogP contribution in [0.3, 0.4) is 0 Å². The van der Waals surface area contributed by atoms with Gasteiger partial charge in [0.15, 0.2) is 0 Å². The molecular weight excluding hydrogens is 510 g/mol. The van der Waals surface area contributed by atoms with Crippen molar-refractivity contribution in [2.75, 3.05) is 12.4 Å². The summed E-state index contributed by atoms with van der Waals surface area (Å²) in [5.41, 5.74) is 0.615. The van der Waals surface area contributed by atoms with Crippen LogP contribution in [-0.2, 0) is 14.3 Å². The molecule has 0 aliphatic carbocycles. The number of carbonyl (C=O) groups is 3. The highest BCUT2D eigenvalue weighted by atomic mass is 16.6. The van der Waals surface area contributed by atoms with Gasteiger partial charge in [-0.1, -0.05) is 45.4 Å². The Morgan fingerprint density at radius 3 is 2.15 bits per heavy atom. The van der Waals surface area contributed by atoms with Crippen LogP contribution in [0.4, 0.5) is 10.5 Å². The van der Waals surface area contributed by atoms with Gasteiger partial charge < -0.3 is 30.1 Å². The van der Waals surface area contributed by atoms with Gasteiger partial charge in [-0.3, -0.25) is 9.59 Å². The lowest BCUT2D eigenvalue weighted by atomic mass is 9.93. The van der Waals surface area contributed by atoms with E-state index in [-0.39, 0.29) is 11.7 Å². The first-order valence-electron chi connectivity index (χ1n) is 13.8. The Bertz CT molecular complexity index is 1160. The summed E-state index contributed by atoms with van der Waals surface area (Å²) in [5, 5.41) is 16.7. The Morgan fingerprint density at radius 1 is 1.00 bits per heavy atom.